The lowest BCUT2D eigenvalue weighted by atomic mass is 9.74. The van der Waals surface area contributed by atoms with Crippen molar-refractivity contribution in [2.75, 3.05) is 0 Å². The van der Waals surface area contributed by atoms with Gasteiger partial charge in [-0.25, -0.2) is 0 Å². The summed E-state index contributed by atoms with van der Waals surface area (Å²) < 4.78 is 0. The lowest BCUT2D eigenvalue weighted by Gasteiger charge is -2.27. The number of rotatable bonds is 3. The highest BCUT2D eigenvalue weighted by molar-refractivity contribution is 6.03. The Labute approximate surface area is 116 Å². The number of carbonyl (C=O) groups excluding carboxylic acids is 1. The second-order valence-electron chi connectivity index (χ2n) is 5.63. The van der Waals surface area contributed by atoms with Gasteiger partial charge in [-0.3, -0.25) is 9.59 Å². The summed E-state index contributed by atoms with van der Waals surface area (Å²) in [6.45, 7) is 3.63. The molecule has 0 aromatic rings. The van der Waals surface area contributed by atoms with E-state index in [1.807, 2.05) is 0 Å². The summed E-state index contributed by atoms with van der Waals surface area (Å²) in [6.07, 6.45) is 11.2. The monoisotopic (exact) mass is 266 g/mol. The number of carboxylic acids is 1. The van der Waals surface area contributed by atoms with Gasteiger partial charge in [0.05, 0.1) is 0 Å². The van der Waals surface area contributed by atoms with E-state index in [0.29, 0.717) is 12.8 Å². The van der Waals surface area contributed by atoms with Crippen LogP contribution in [0.1, 0.15) is 70.6 Å². The van der Waals surface area contributed by atoms with Crippen LogP contribution in [0, 0.1) is 5.41 Å². The third kappa shape index (κ3) is 4.48. The maximum absolute atomic E-state index is 12.4. The Balaban J connectivity index is 2.81. The van der Waals surface area contributed by atoms with Crippen molar-refractivity contribution in [3.05, 3.63) is 12.7 Å². The molecule has 0 saturated heterocycles. The molecule has 19 heavy (non-hydrogen) atoms. The van der Waals surface area contributed by atoms with Crippen LogP contribution in [-0.4, -0.2) is 16.9 Å². The lowest BCUT2D eigenvalue weighted by molar-refractivity contribution is -0.155. The summed E-state index contributed by atoms with van der Waals surface area (Å²) >= 11 is 0. The summed E-state index contributed by atoms with van der Waals surface area (Å²) in [5, 5.41) is 9.53. The molecule has 0 bridgehead atoms. The molecule has 1 saturated carbocycles. The van der Waals surface area contributed by atoms with E-state index in [-0.39, 0.29) is 12.2 Å². The first kappa shape index (κ1) is 15.9. The summed E-state index contributed by atoms with van der Waals surface area (Å²) in [7, 11) is 0. The average molecular weight is 266 g/mol. The highest BCUT2D eigenvalue weighted by Gasteiger charge is 2.43. The molecule has 1 rings (SSSR count). The summed E-state index contributed by atoms with van der Waals surface area (Å²) in [4.78, 5) is 24.0. The van der Waals surface area contributed by atoms with E-state index in [9.17, 15) is 14.7 Å². The summed E-state index contributed by atoms with van der Waals surface area (Å²) in [6, 6.07) is 0. The quantitative estimate of drug-likeness (QED) is 0.617. The van der Waals surface area contributed by atoms with Gasteiger partial charge in [-0.1, -0.05) is 51.0 Å². The minimum Gasteiger partial charge on any atom is -0.480 e. The fourth-order valence-corrected chi connectivity index (χ4v) is 2.93. The van der Waals surface area contributed by atoms with Crippen molar-refractivity contribution in [2.45, 2.75) is 70.6 Å². The van der Waals surface area contributed by atoms with Gasteiger partial charge in [0.2, 0.25) is 0 Å². The number of carboxylic acid groups (broad SMARTS) is 1. The van der Waals surface area contributed by atoms with Gasteiger partial charge in [0.15, 0.2) is 0 Å². The van der Waals surface area contributed by atoms with Crippen molar-refractivity contribution in [2.24, 2.45) is 5.41 Å². The van der Waals surface area contributed by atoms with Crippen LogP contribution in [0.25, 0.3) is 0 Å². The smallest absolute Gasteiger partial charge is 0.317 e. The SMILES string of the molecule is C=CCC1(C(=O)O)CCCCCCCCCCC1=O. The minimum absolute atomic E-state index is 0.0968. The molecule has 0 aromatic heterocycles. The van der Waals surface area contributed by atoms with E-state index in [2.05, 4.69) is 6.58 Å². The molecule has 1 atom stereocenters. The number of hydrogen-bond donors (Lipinski definition) is 1. The Bertz CT molecular complexity index is 322. The van der Waals surface area contributed by atoms with Crippen LogP contribution in [-0.2, 0) is 9.59 Å². The van der Waals surface area contributed by atoms with Crippen molar-refractivity contribution < 1.29 is 14.7 Å². The maximum Gasteiger partial charge on any atom is 0.317 e. The van der Waals surface area contributed by atoms with Crippen LogP contribution in [0.3, 0.4) is 0 Å². The van der Waals surface area contributed by atoms with Crippen molar-refractivity contribution in [1.82, 2.24) is 0 Å². The molecule has 3 heteroatoms. The topological polar surface area (TPSA) is 54.4 Å². The van der Waals surface area contributed by atoms with E-state index in [1.54, 1.807) is 6.08 Å². The van der Waals surface area contributed by atoms with E-state index in [4.69, 9.17) is 0 Å². The molecule has 1 aliphatic rings. The van der Waals surface area contributed by atoms with Crippen molar-refractivity contribution in [3.8, 4) is 0 Å². The Morgan fingerprint density at radius 1 is 1.11 bits per heavy atom. The largest absolute Gasteiger partial charge is 0.480 e. The number of carbonyl (C=O) groups is 2. The molecule has 1 unspecified atom stereocenters. The normalized spacial score (nSPS) is 27.1. The number of allylic oxidation sites excluding steroid dienone is 1. The van der Waals surface area contributed by atoms with Crippen molar-refractivity contribution in [3.63, 3.8) is 0 Å². The third-order valence-corrected chi connectivity index (χ3v) is 4.19. The van der Waals surface area contributed by atoms with Gasteiger partial charge >= 0.3 is 5.97 Å². The maximum atomic E-state index is 12.4. The fourth-order valence-electron chi connectivity index (χ4n) is 2.93. The predicted octanol–water partition coefficient (Wildman–Crippen LogP) is 4.12. The van der Waals surface area contributed by atoms with Gasteiger partial charge in [0, 0.05) is 6.42 Å². The first-order chi connectivity index (χ1) is 9.13. The average Bonchev–Trinajstić information content (AvgIpc) is 2.37. The standard InChI is InChI=1S/C16H26O3/c1-2-12-16(15(18)19)13-10-8-6-4-3-5-7-9-11-14(16)17/h2H,1,3-13H2,(H,18,19). The molecule has 0 heterocycles. The van der Waals surface area contributed by atoms with Crippen LogP contribution >= 0.6 is 0 Å². The number of Topliss-reactive ketones (excluding diaryl/α,β-unsaturated/α-hetero) is 1. The van der Waals surface area contributed by atoms with E-state index < -0.39 is 11.4 Å². The second kappa shape index (κ2) is 8.13. The Hall–Kier alpha value is -1.12. The van der Waals surface area contributed by atoms with Gasteiger partial charge in [-0.05, 0) is 19.3 Å². The Morgan fingerprint density at radius 3 is 2.16 bits per heavy atom. The van der Waals surface area contributed by atoms with Crippen LogP contribution in [0.2, 0.25) is 0 Å². The number of hydrogen-bond acceptors (Lipinski definition) is 2. The summed E-state index contributed by atoms with van der Waals surface area (Å²) in [5.41, 5.74) is -1.21. The van der Waals surface area contributed by atoms with Gasteiger partial charge in [0.25, 0.3) is 0 Å². The van der Waals surface area contributed by atoms with Crippen LogP contribution < -0.4 is 0 Å². The second-order valence-corrected chi connectivity index (χ2v) is 5.63. The molecule has 0 aliphatic heterocycles. The molecular formula is C16H26O3. The molecule has 0 spiro atoms. The van der Waals surface area contributed by atoms with Gasteiger partial charge in [-0.2, -0.15) is 0 Å². The number of aliphatic carboxylic acids is 1. The Morgan fingerprint density at radius 2 is 1.63 bits per heavy atom. The molecule has 3 nitrogen and oxygen atoms in total. The molecule has 1 N–H and O–H groups in total. The molecule has 1 fully saturated rings. The first-order valence-corrected chi connectivity index (χ1v) is 7.51. The van der Waals surface area contributed by atoms with Gasteiger partial charge in [-0.15, -0.1) is 6.58 Å². The molecule has 1 aliphatic carbocycles. The molecule has 0 radical (unpaired) electrons. The number of ketones is 1. The van der Waals surface area contributed by atoms with Crippen LogP contribution in [0.4, 0.5) is 0 Å². The molecule has 0 aromatic carbocycles. The fraction of sp³-hybridized carbons (Fsp3) is 0.750. The summed E-state index contributed by atoms with van der Waals surface area (Å²) in [5.74, 6) is -1.06. The third-order valence-electron chi connectivity index (χ3n) is 4.19. The first-order valence-electron chi connectivity index (χ1n) is 7.51. The van der Waals surface area contributed by atoms with E-state index in [1.165, 1.54) is 12.8 Å². The zero-order valence-corrected chi connectivity index (χ0v) is 11.8. The molecule has 0 amide bonds. The van der Waals surface area contributed by atoms with Gasteiger partial charge in [0.1, 0.15) is 11.2 Å². The highest BCUT2D eigenvalue weighted by Crippen LogP contribution is 2.34. The van der Waals surface area contributed by atoms with Crippen molar-refractivity contribution >= 4 is 11.8 Å². The van der Waals surface area contributed by atoms with Crippen LogP contribution in [0.15, 0.2) is 12.7 Å². The highest BCUT2D eigenvalue weighted by atomic mass is 16.4. The van der Waals surface area contributed by atoms with E-state index >= 15 is 0 Å². The predicted molar refractivity (Wildman–Crippen MR) is 76.1 cm³/mol. The molecule has 108 valence electrons. The Kier molecular flexibility index (Phi) is 6.82. The molecular weight excluding hydrogens is 240 g/mol. The van der Waals surface area contributed by atoms with Gasteiger partial charge < -0.3 is 5.11 Å². The zero-order valence-electron chi connectivity index (χ0n) is 11.8. The lowest BCUT2D eigenvalue weighted by Crippen LogP contribution is -2.39. The minimum atomic E-state index is -1.21. The van der Waals surface area contributed by atoms with E-state index in [0.717, 1.165) is 38.5 Å². The van der Waals surface area contributed by atoms with Crippen LogP contribution in [0.5, 0.6) is 0 Å². The van der Waals surface area contributed by atoms with Crippen molar-refractivity contribution in [1.29, 1.82) is 0 Å². The zero-order chi connectivity index (χ0) is 14.1.